The van der Waals surface area contributed by atoms with Crippen molar-refractivity contribution in [3.8, 4) is 11.9 Å². The standard InChI is InChI=1S/C20H19FN4O/c1-13-7-8-16(14(2)9-13)12-26-20-17(10-22)19(23)25(24-20)11-15-5-3-4-6-18(15)21/h3-9H,11-12,23H2,1-2H3. The van der Waals surface area contributed by atoms with Crippen LogP contribution in [0.1, 0.15) is 27.8 Å². The molecule has 0 saturated carbocycles. The van der Waals surface area contributed by atoms with E-state index in [4.69, 9.17) is 10.5 Å². The van der Waals surface area contributed by atoms with Gasteiger partial charge in [0.25, 0.3) is 5.88 Å². The van der Waals surface area contributed by atoms with E-state index in [1.165, 1.54) is 16.3 Å². The minimum atomic E-state index is -0.348. The molecule has 3 rings (SSSR count). The Morgan fingerprint density at radius 2 is 1.96 bits per heavy atom. The fraction of sp³-hybridized carbons (Fsp3) is 0.200. The quantitative estimate of drug-likeness (QED) is 0.761. The maximum Gasteiger partial charge on any atom is 0.253 e. The van der Waals surface area contributed by atoms with Crippen LogP contribution in [0.15, 0.2) is 42.5 Å². The number of nitrogen functional groups attached to an aromatic ring is 1. The lowest BCUT2D eigenvalue weighted by Gasteiger charge is -2.07. The molecule has 0 fully saturated rings. The number of benzene rings is 2. The first kappa shape index (κ1) is 17.5. The Morgan fingerprint density at radius 3 is 2.65 bits per heavy atom. The maximum absolute atomic E-state index is 13.9. The lowest BCUT2D eigenvalue weighted by atomic mass is 10.1. The third-order valence-electron chi connectivity index (χ3n) is 4.21. The smallest absolute Gasteiger partial charge is 0.253 e. The first-order valence-corrected chi connectivity index (χ1v) is 8.18. The molecule has 26 heavy (non-hydrogen) atoms. The SMILES string of the molecule is Cc1ccc(COc2nn(Cc3ccccc3F)c(N)c2C#N)c(C)c1. The summed E-state index contributed by atoms with van der Waals surface area (Å²) in [6, 6.07) is 14.4. The average Bonchev–Trinajstić information content (AvgIpc) is 2.91. The molecular formula is C20H19FN4O. The Labute approximate surface area is 151 Å². The highest BCUT2D eigenvalue weighted by Gasteiger charge is 2.18. The van der Waals surface area contributed by atoms with E-state index in [-0.39, 0.29) is 36.2 Å². The van der Waals surface area contributed by atoms with E-state index in [0.29, 0.717) is 5.56 Å². The van der Waals surface area contributed by atoms with Gasteiger partial charge in [0.05, 0.1) is 6.54 Å². The van der Waals surface area contributed by atoms with Crippen molar-refractivity contribution in [3.05, 3.63) is 76.1 Å². The molecular weight excluding hydrogens is 331 g/mol. The third-order valence-corrected chi connectivity index (χ3v) is 4.21. The predicted molar refractivity (Wildman–Crippen MR) is 97.1 cm³/mol. The number of nitrogens with zero attached hydrogens (tertiary/aromatic N) is 3. The van der Waals surface area contributed by atoms with Crippen molar-refractivity contribution in [2.75, 3.05) is 5.73 Å². The molecule has 0 aliphatic heterocycles. The highest BCUT2D eigenvalue weighted by Crippen LogP contribution is 2.25. The van der Waals surface area contributed by atoms with Crippen LogP contribution < -0.4 is 10.5 Å². The van der Waals surface area contributed by atoms with Crippen molar-refractivity contribution in [3.63, 3.8) is 0 Å². The lowest BCUT2D eigenvalue weighted by Crippen LogP contribution is -2.07. The largest absolute Gasteiger partial charge is 0.471 e. The number of nitrogens with two attached hydrogens (primary N) is 1. The van der Waals surface area contributed by atoms with Gasteiger partial charge < -0.3 is 10.5 Å². The minimum absolute atomic E-state index is 0.125. The molecule has 2 N–H and O–H groups in total. The second-order valence-corrected chi connectivity index (χ2v) is 6.14. The summed E-state index contributed by atoms with van der Waals surface area (Å²) < 4.78 is 21.0. The average molecular weight is 350 g/mol. The van der Waals surface area contributed by atoms with Gasteiger partial charge in [-0.1, -0.05) is 42.0 Å². The first-order valence-electron chi connectivity index (χ1n) is 8.18. The molecule has 0 amide bonds. The van der Waals surface area contributed by atoms with E-state index in [1.54, 1.807) is 18.2 Å². The van der Waals surface area contributed by atoms with Crippen LogP contribution in [0, 0.1) is 31.0 Å². The minimum Gasteiger partial charge on any atom is -0.471 e. The number of nitriles is 1. The van der Waals surface area contributed by atoms with Gasteiger partial charge in [-0.3, -0.25) is 0 Å². The van der Waals surface area contributed by atoms with Crippen LogP contribution in [0.4, 0.5) is 10.2 Å². The summed E-state index contributed by atoms with van der Waals surface area (Å²) in [5.74, 6) is -0.0358. The van der Waals surface area contributed by atoms with Crippen molar-refractivity contribution < 1.29 is 9.13 Å². The van der Waals surface area contributed by atoms with Crippen molar-refractivity contribution in [2.24, 2.45) is 0 Å². The zero-order valence-electron chi connectivity index (χ0n) is 14.7. The predicted octanol–water partition coefficient (Wildman–Crippen LogP) is 3.72. The normalized spacial score (nSPS) is 10.5. The van der Waals surface area contributed by atoms with Crippen molar-refractivity contribution in [1.82, 2.24) is 9.78 Å². The second kappa shape index (κ2) is 7.28. The van der Waals surface area contributed by atoms with E-state index < -0.39 is 0 Å². The van der Waals surface area contributed by atoms with Gasteiger partial charge in [-0.2, -0.15) is 5.26 Å². The summed E-state index contributed by atoms with van der Waals surface area (Å²) in [4.78, 5) is 0. The number of hydrogen-bond donors (Lipinski definition) is 1. The second-order valence-electron chi connectivity index (χ2n) is 6.14. The Balaban J connectivity index is 1.84. The number of aromatic nitrogens is 2. The van der Waals surface area contributed by atoms with Crippen molar-refractivity contribution in [1.29, 1.82) is 5.26 Å². The molecule has 6 heteroatoms. The molecule has 0 aliphatic rings. The highest BCUT2D eigenvalue weighted by atomic mass is 19.1. The summed E-state index contributed by atoms with van der Waals surface area (Å²) in [6.45, 7) is 4.43. The molecule has 0 saturated heterocycles. The molecule has 5 nitrogen and oxygen atoms in total. The van der Waals surface area contributed by atoms with Gasteiger partial charge in [-0.25, -0.2) is 9.07 Å². The topological polar surface area (TPSA) is 76.9 Å². The van der Waals surface area contributed by atoms with Crippen LogP contribution in [0.5, 0.6) is 5.88 Å². The van der Waals surface area contributed by atoms with Crippen molar-refractivity contribution >= 4 is 5.82 Å². The van der Waals surface area contributed by atoms with E-state index in [0.717, 1.165) is 11.1 Å². The van der Waals surface area contributed by atoms with Gasteiger partial charge in [-0.15, -0.1) is 5.10 Å². The summed E-state index contributed by atoms with van der Waals surface area (Å²) >= 11 is 0. The van der Waals surface area contributed by atoms with Gasteiger partial charge >= 0.3 is 0 Å². The summed E-state index contributed by atoms with van der Waals surface area (Å²) in [5, 5.41) is 13.6. The zero-order valence-corrected chi connectivity index (χ0v) is 14.7. The molecule has 1 aromatic heterocycles. The maximum atomic E-state index is 13.9. The summed E-state index contributed by atoms with van der Waals surface area (Å²) in [6.07, 6.45) is 0. The fourth-order valence-corrected chi connectivity index (χ4v) is 2.72. The monoisotopic (exact) mass is 350 g/mol. The molecule has 1 heterocycles. The molecule has 0 aliphatic carbocycles. The van der Waals surface area contributed by atoms with E-state index in [9.17, 15) is 9.65 Å². The van der Waals surface area contributed by atoms with Gasteiger partial charge in [0.15, 0.2) is 5.56 Å². The lowest BCUT2D eigenvalue weighted by molar-refractivity contribution is 0.288. The Morgan fingerprint density at radius 1 is 1.19 bits per heavy atom. The van der Waals surface area contributed by atoms with Crippen LogP contribution in [0.25, 0.3) is 0 Å². The molecule has 0 radical (unpaired) electrons. The molecule has 3 aromatic rings. The number of halogens is 1. The number of hydrogen-bond acceptors (Lipinski definition) is 4. The molecule has 2 aromatic carbocycles. The Bertz CT molecular complexity index is 988. The Hall–Kier alpha value is -3.33. The molecule has 132 valence electrons. The number of rotatable bonds is 5. The summed E-state index contributed by atoms with van der Waals surface area (Å²) in [5.41, 5.74) is 9.87. The van der Waals surface area contributed by atoms with Crippen LogP contribution in [-0.2, 0) is 13.2 Å². The third kappa shape index (κ3) is 3.52. The molecule has 0 spiro atoms. The van der Waals surface area contributed by atoms with Gasteiger partial charge in [0.2, 0.25) is 0 Å². The van der Waals surface area contributed by atoms with Gasteiger partial charge in [0, 0.05) is 5.56 Å². The fourth-order valence-electron chi connectivity index (χ4n) is 2.72. The van der Waals surface area contributed by atoms with E-state index >= 15 is 0 Å². The highest BCUT2D eigenvalue weighted by molar-refractivity contribution is 5.55. The zero-order chi connectivity index (χ0) is 18.7. The number of ether oxygens (including phenoxy) is 1. The molecule has 0 unspecified atom stereocenters. The van der Waals surface area contributed by atoms with E-state index in [2.05, 4.69) is 11.2 Å². The van der Waals surface area contributed by atoms with Crippen LogP contribution in [-0.4, -0.2) is 9.78 Å². The van der Waals surface area contributed by atoms with Gasteiger partial charge in [-0.05, 0) is 31.0 Å². The Kier molecular flexibility index (Phi) is 4.90. The number of anilines is 1. The van der Waals surface area contributed by atoms with Crippen molar-refractivity contribution in [2.45, 2.75) is 27.0 Å². The van der Waals surface area contributed by atoms with Crippen LogP contribution in [0.3, 0.4) is 0 Å². The number of aryl methyl sites for hydroxylation is 2. The first-order chi connectivity index (χ1) is 12.5. The van der Waals surface area contributed by atoms with E-state index in [1.807, 2.05) is 32.0 Å². The molecule has 0 atom stereocenters. The molecule has 0 bridgehead atoms. The van der Waals surface area contributed by atoms with Gasteiger partial charge in [0.1, 0.15) is 24.3 Å². The van der Waals surface area contributed by atoms with Crippen LogP contribution >= 0.6 is 0 Å². The van der Waals surface area contributed by atoms with Crippen LogP contribution in [0.2, 0.25) is 0 Å². The summed E-state index contributed by atoms with van der Waals surface area (Å²) in [7, 11) is 0.